The summed E-state index contributed by atoms with van der Waals surface area (Å²) in [5.74, 6) is 0. The minimum Gasteiger partial charge on any atom is -0.262 e. The van der Waals surface area contributed by atoms with E-state index >= 15 is 0 Å². The molecule has 5 rings (SSSR count). The van der Waals surface area contributed by atoms with E-state index in [2.05, 4.69) is 45.7 Å². The van der Waals surface area contributed by atoms with Crippen LogP contribution in [-0.2, 0) is 6.42 Å². The summed E-state index contributed by atoms with van der Waals surface area (Å²) < 4.78 is 4.55. The highest BCUT2D eigenvalue weighted by atomic mass is 15.3. The molecule has 2 saturated carbocycles. The molecule has 4 nitrogen and oxygen atoms in total. The fourth-order valence-corrected chi connectivity index (χ4v) is 4.29. The van der Waals surface area contributed by atoms with Crippen molar-refractivity contribution in [1.29, 1.82) is 0 Å². The van der Waals surface area contributed by atoms with Gasteiger partial charge in [0.25, 0.3) is 0 Å². The molecule has 0 aliphatic heterocycles. The Labute approximate surface area is 142 Å². The van der Waals surface area contributed by atoms with E-state index in [1.165, 1.54) is 66.4 Å². The molecule has 1 aromatic carbocycles. The lowest BCUT2D eigenvalue weighted by atomic mass is 10.0. The van der Waals surface area contributed by atoms with Gasteiger partial charge in [0.15, 0.2) is 0 Å². The van der Waals surface area contributed by atoms with Crippen molar-refractivity contribution in [3.05, 3.63) is 36.2 Å². The van der Waals surface area contributed by atoms with Crippen LogP contribution in [0.25, 0.3) is 22.2 Å². The standard InChI is InChI=1S/C20H24N4/c1-2-17-20-16(8-5-9-19(20)24(22-17)15-10-11-15)18-12-13-21-23(18)14-6-3-4-7-14/h5,8-9,12-15H,2-4,6-7,10-11H2,1H3. The minimum atomic E-state index is 0.564. The number of nitrogens with zero attached hydrogens (tertiary/aromatic N) is 4. The van der Waals surface area contributed by atoms with Crippen molar-refractivity contribution < 1.29 is 0 Å². The van der Waals surface area contributed by atoms with Crippen molar-refractivity contribution in [3.63, 3.8) is 0 Å². The van der Waals surface area contributed by atoms with Crippen LogP contribution in [0, 0.1) is 0 Å². The fraction of sp³-hybridized carbons (Fsp3) is 0.500. The average Bonchev–Trinajstić information content (AvgIpc) is 3.06. The van der Waals surface area contributed by atoms with Gasteiger partial charge < -0.3 is 0 Å². The summed E-state index contributed by atoms with van der Waals surface area (Å²) in [5.41, 5.74) is 5.09. The van der Waals surface area contributed by atoms with E-state index in [-0.39, 0.29) is 0 Å². The van der Waals surface area contributed by atoms with Gasteiger partial charge in [-0.3, -0.25) is 9.36 Å². The van der Waals surface area contributed by atoms with Crippen molar-refractivity contribution in [1.82, 2.24) is 19.6 Å². The van der Waals surface area contributed by atoms with Gasteiger partial charge in [0, 0.05) is 17.1 Å². The van der Waals surface area contributed by atoms with E-state index in [9.17, 15) is 0 Å². The molecule has 2 aliphatic rings. The van der Waals surface area contributed by atoms with E-state index in [1.807, 2.05) is 6.20 Å². The van der Waals surface area contributed by atoms with E-state index < -0.39 is 0 Å². The number of hydrogen-bond acceptors (Lipinski definition) is 2. The predicted octanol–water partition coefficient (Wildman–Crippen LogP) is 4.91. The van der Waals surface area contributed by atoms with Crippen molar-refractivity contribution in [2.24, 2.45) is 0 Å². The van der Waals surface area contributed by atoms with Gasteiger partial charge in [0.05, 0.1) is 29.0 Å². The Morgan fingerprint density at radius 1 is 1.00 bits per heavy atom. The first-order valence-corrected chi connectivity index (χ1v) is 9.41. The second-order valence-electron chi connectivity index (χ2n) is 7.27. The molecule has 0 N–H and O–H groups in total. The molecular formula is C20H24N4. The molecule has 2 heterocycles. The van der Waals surface area contributed by atoms with Gasteiger partial charge in [0.1, 0.15) is 0 Å². The van der Waals surface area contributed by atoms with Crippen LogP contribution in [0.1, 0.15) is 63.2 Å². The first kappa shape index (κ1) is 14.3. The molecular weight excluding hydrogens is 296 g/mol. The summed E-state index contributed by atoms with van der Waals surface area (Å²) in [7, 11) is 0. The number of hydrogen-bond donors (Lipinski definition) is 0. The van der Waals surface area contributed by atoms with Gasteiger partial charge in [-0.25, -0.2) is 0 Å². The summed E-state index contributed by atoms with van der Waals surface area (Å²) in [6.07, 6.45) is 10.6. The van der Waals surface area contributed by atoms with E-state index in [0.717, 1.165) is 6.42 Å². The maximum Gasteiger partial charge on any atom is 0.0707 e. The third-order valence-electron chi connectivity index (χ3n) is 5.65. The summed E-state index contributed by atoms with van der Waals surface area (Å²) in [5, 5.41) is 11.0. The van der Waals surface area contributed by atoms with Crippen LogP contribution in [0.3, 0.4) is 0 Å². The molecule has 0 atom stereocenters. The van der Waals surface area contributed by atoms with Gasteiger partial charge in [-0.2, -0.15) is 10.2 Å². The Morgan fingerprint density at radius 2 is 1.79 bits per heavy atom. The number of aromatic nitrogens is 4. The number of fused-ring (bicyclic) bond motifs is 1. The minimum absolute atomic E-state index is 0.564. The van der Waals surface area contributed by atoms with Crippen LogP contribution in [0.15, 0.2) is 30.5 Å². The largest absolute Gasteiger partial charge is 0.262 e. The number of rotatable bonds is 4. The second-order valence-corrected chi connectivity index (χ2v) is 7.27. The molecule has 0 unspecified atom stereocenters. The van der Waals surface area contributed by atoms with Crippen molar-refractivity contribution in [2.75, 3.05) is 0 Å². The lowest BCUT2D eigenvalue weighted by Crippen LogP contribution is -2.08. The molecule has 0 radical (unpaired) electrons. The first-order chi connectivity index (χ1) is 11.9. The third kappa shape index (κ3) is 2.12. The monoisotopic (exact) mass is 320 g/mol. The Morgan fingerprint density at radius 3 is 2.54 bits per heavy atom. The SMILES string of the molecule is CCc1nn(C2CC2)c2cccc(-c3ccnn3C3CCCC3)c12. The van der Waals surface area contributed by atoms with Gasteiger partial charge >= 0.3 is 0 Å². The summed E-state index contributed by atoms with van der Waals surface area (Å²) in [6, 6.07) is 10.0. The molecule has 2 aromatic heterocycles. The maximum absolute atomic E-state index is 4.95. The summed E-state index contributed by atoms with van der Waals surface area (Å²) in [6.45, 7) is 2.21. The van der Waals surface area contributed by atoms with Gasteiger partial charge in [-0.05, 0) is 44.2 Å². The molecule has 2 aliphatic carbocycles. The van der Waals surface area contributed by atoms with E-state index in [1.54, 1.807) is 0 Å². The average molecular weight is 320 g/mol. The highest BCUT2D eigenvalue weighted by Crippen LogP contribution is 2.41. The zero-order valence-corrected chi connectivity index (χ0v) is 14.3. The lowest BCUT2D eigenvalue weighted by Gasteiger charge is -2.15. The molecule has 0 amide bonds. The van der Waals surface area contributed by atoms with Gasteiger partial charge in [-0.15, -0.1) is 0 Å². The van der Waals surface area contributed by atoms with E-state index in [4.69, 9.17) is 5.10 Å². The summed E-state index contributed by atoms with van der Waals surface area (Å²) in [4.78, 5) is 0. The lowest BCUT2D eigenvalue weighted by molar-refractivity contribution is 0.472. The third-order valence-corrected chi connectivity index (χ3v) is 5.65. The Bertz CT molecular complexity index is 878. The molecule has 3 aromatic rings. The second kappa shape index (κ2) is 5.47. The quantitative estimate of drug-likeness (QED) is 0.684. The molecule has 2 fully saturated rings. The van der Waals surface area contributed by atoms with Crippen LogP contribution in [0.2, 0.25) is 0 Å². The highest BCUT2D eigenvalue weighted by molar-refractivity contribution is 5.96. The van der Waals surface area contributed by atoms with Gasteiger partial charge in [0.2, 0.25) is 0 Å². The topological polar surface area (TPSA) is 35.6 Å². The van der Waals surface area contributed by atoms with Crippen molar-refractivity contribution in [2.45, 2.75) is 64.0 Å². The smallest absolute Gasteiger partial charge is 0.0707 e. The van der Waals surface area contributed by atoms with Crippen LogP contribution in [0.4, 0.5) is 0 Å². The van der Waals surface area contributed by atoms with Crippen LogP contribution in [0.5, 0.6) is 0 Å². The Hall–Kier alpha value is -2.10. The molecule has 0 bridgehead atoms. The summed E-state index contributed by atoms with van der Waals surface area (Å²) >= 11 is 0. The molecule has 0 spiro atoms. The highest BCUT2D eigenvalue weighted by Gasteiger charge is 2.28. The van der Waals surface area contributed by atoms with Crippen molar-refractivity contribution >= 4 is 10.9 Å². The number of benzene rings is 1. The zero-order valence-electron chi connectivity index (χ0n) is 14.3. The Kier molecular flexibility index (Phi) is 3.25. The normalized spacial score (nSPS) is 18.7. The molecule has 124 valence electrons. The van der Waals surface area contributed by atoms with Gasteiger partial charge in [-0.1, -0.05) is 31.9 Å². The van der Waals surface area contributed by atoms with Crippen LogP contribution < -0.4 is 0 Å². The maximum atomic E-state index is 4.95. The van der Waals surface area contributed by atoms with Crippen LogP contribution in [-0.4, -0.2) is 19.6 Å². The van der Waals surface area contributed by atoms with E-state index in [0.29, 0.717) is 12.1 Å². The molecule has 0 saturated heterocycles. The Balaban J connectivity index is 1.71. The van der Waals surface area contributed by atoms with Crippen molar-refractivity contribution in [3.8, 4) is 11.3 Å². The predicted molar refractivity (Wildman–Crippen MR) is 96.1 cm³/mol. The molecule has 4 heteroatoms. The first-order valence-electron chi connectivity index (χ1n) is 9.41. The number of aryl methyl sites for hydroxylation is 1. The van der Waals surface area contributed by atoms with Crippen LogP contribution >= 0.6 is 0 Å². The zero-order chi connectivity index (χ0) is 16.1. The molecule has 24 heavy (non-hydrogen) atoms. The fourth-order valence-electron chi connectivity index (χ4n) is 4.29.